The minimum absolute atomic E-state index is 0.0338. The maximum atomic E-state index is 15.6. The molecule has 1 aliphatic heterocycles. The first kappa shape index (κ1) is 22.6. The number of aromatic nitrogens is 6. The smallest absolute Gasteiger partial charge is 0.273 e. The number of rotatable bonds is 5. The Morgan fingerprint density at radius 2 is 1.94 bits per heavy atom. The second-order valence-corrected chi connectivity index (χ2v) is 8.71. The number of hydrogen-bond donors (Lipinski definition) is 3. The van der Waals surface area contributed by atoms with E-state index in [-0.39, 0.29) is 23.6 Å². The van der Waals surface area contributed by atoms with Gasteiger partial charge in [0.2, 0.25) is 5.91 Å². The second-order valence-electron chi connectivity index (χ2n) is 8.71. The van der Waals surface area contributed by atoms with Crippen LogP contribution in [0.2, 0.25) is 0 Å². The summed E-state index contributed by atoms with van der Waals surface area (Å²) in [6, 6.07) is 1.76. The largest absolute Gasteiger partial charge is 0.365 e. The minimum Gasteiger partial charge on any atom is -0.365 e. The van der Waals surface area contributed by atoms with Crippen LogP contribution in [0, 0.1) is 11.7 Å². The van der Waals surface area contributed by atoms with E-state index in [2.05, 4.69) is 41.3 Å². The van der Waals surface area contributed by atoms with Crippen molar-refractivity contribution >= 4 is 34.8 Å². The van der Waals surface area contributed by atoms with Crippen molar-refractivity contribution in [3.05, 3.63) is 29.5 Å². The third-order valence-electron chi connectivity index (χ3n) is 6.06. The van der Waals surface area contributed by atoms with E-state index in [1.807, 2.05) is 11.9 Å². The molecule has 5 rings (SSSR count). The Morgan fingerprint density at radius 3 is 2.63 bits per heavy atom. The summed E-state index contributed by atoms with van der Waals surface area (Å²) in [6.45, 7) is 1.73. The molecule has 3 aromatic heterocycles. The van der Waals surface area contributed by atoms with Crippen molar-refractivity contribution in [2.45, 2.75) is 25.6 Å². The summed E-state index contributed by atoms with van der Waals surface area (Å²) in [5, 5.41) is 23.8. The van der Waals surface area contributed by atoms with Gasteiger partial charge in [-0.1, -0.05) is 0 Å². The van der Waals surface area contributed by atoms with Crippen LogP contribution in [-0.2, 0) is 18.4 Å². The highest BCUT2D eigenvalue weighted by atomic mass is 19.1. The molecule has 0 spiro atoms. The summed E-state index contributed by atoms with van der Waals surface area (Å²) >= 11 is 0. The topological polar surface area (TPSA) is 143 Å². The van der Waals surface area contributed by atoms with E-state index in [0.29, 0.717) is 23.5 Å². The lowest BCUT2D eigenvalue weighted by Gasteiger charge is -2.28. The number of amides is 2. The maximum absolute atomic E-state index is 15.6. The molecule has 2 atom stereocenters. The zero-order chi connectivity index (χ0) is 25.1. The average Bonchev–Trinajstić information content (AvgIpc) is 3.29. The van der Waals surface area contributed by atoms with Gasteiger partial charge in [-0.2, -0.15) is 15.0 Å². The minimum atomic E-state index is -1.64. The Bertz CT molecular complexity index is 1370. The summed E-state index contributed by atoms with van der Waals surface area (Å²) < 4.78 is 29.5. The van der Waals surface area contributed by atoms with E-state index < -0.39 is 35.0 Å². The summed E-state index contributed by atoms with van der Waals surface area (Å²) in [7, 11) is 4.90. The average molecular weight is 484 g/mol. The molecular weight excluding hydrogens is 462 g/mol. The molecule has 12 nitrogen and oxygen atoms in total. The molecule has 3 aromatic rings. The van der Waals surface area contributed by atoms with Gasteiger partial charge in [0.05, 0.1) is 18.2 Å². The van der Waals surface area contributed by atoms with Crippen LogP contribution in [0.5, 0.6) is 0 Å². The highest BCUT2D eigenvalue weighted by Crippen LogP contribution is 2.47. The van der Waals surface area contributed by atoms with Gasteiger partial charge in [-0.25, -0.2) is 13.8 Å². The van der Waals surface area contributed by atoms with Crippen LogP contribution >= 0.6 is 0 Å². The Balaban J connectivity index is 1.56. The highest BCUT2D eigenvalue weighted by Gasteiger charge is 2.56. The first-order chi connectivity index (χ1) is 16.6. The first-order valence-corrected chi connectivity index (χ1v) is 10.8. The monoisotopic (exact) mass is 484 g/mol. The molecule has 0 bridgehead atoms. The maximum Gasteiger partial charge on any atom is 0.273 e. The van der Waals surface area contributed by atoms with Crippen molar-refractivity contribution < 1.29 is 18.4 Å². The lowest BCUT2D eigenvalue weighted by Crippen LogP contribution is -2.26. The van der Waals surface area contributed by atoms with E-state index in [9.17, 15) is 14.0 Å². The van der Waals surface area contributed by atoms with Gasteiger partial charge in [0.25, 0.3) is 5.91 Å². The van der Waals surface area contributed by atoms with Gasteiger partial charge in [-0.05, 0) is 19.4 Å². The summed E-state index contributed by atoms with van der Waals surface area (Å²) in [5.74, 6) is -3.66. The van der Waals surface area contributed by atoms with Gasteiger partial charge in [0.1, 0.15) is 22.7 Å². The second kappa shape index (κ2) is 7.92. The fourth-order valence-electron chi connectivity index (χ4n) is 4.11. The molecule has 0 saturated heterocycles. The van der Waals surface area contributed by atoms with Crippen molar-refractivity contribution in [3.63, 3.8) is 0 Å². The molecule has 1 saturated carbocycles. The number of hydrogen-bond acceptors (Lipinski definition) is 9. The number of pyridine rings is 1. The van der Waals surface area contributed by atoms with Crippen LogP contribution in [0.25, 0.3) is 11.3 Å². The molecule has 0 radical (unpaired) electrons. The van der Waals surface area contributed by atoms with E-state index in [0.717, 1.165) is 5.69 Å². The SMILES string of the molecule is CNC(=O)c1nnc(NC(=O)[C@H]2CC2(C)F)c(F)c1Nc1nccc2c1N(C)Cc1nn(C)nc1-2. The molecule has 182 valence electrons. The summed E-state index contributed by atoms with van der Waals surface area (Å²) in [6.07, 6.45) is 1.55. The van der Waals surface area contributed by atoms with E-state index in [1.54, 1.807) is 13.1 Å². The molecule has 4 heterocycles. The van der Waals surface area contributed by atoms with Gasteiger partial charge in [-0.15, -0.1) is 10.2 Å². The third-order valence-corrected chi connectivity index (χ3v) is 6.06. The molecule has 1 unspecified atom stereocenters. The van der Waals surface area contributed by atoms with Crippen LogP contribution in [0.1, 0.15) is 29.5 Å². The Morgan fingerprint density at radius 1 is 1.20 bits per heavy atom. The quantitative estimate of drug-likeness (QED) is 0.491. The number of alkyl halides is 1. The molecule has 2 amide bonds. The predicted octanol–water partition coefficient (Wildman–Crippen LogP) is 1.55. The number of anilines is 4. The molecule has 1 fully saturated rings. The molecule has 2 aliphatic rings. The zero-order valence-corrected chi connectivity index (χ0v) is 19.3. The van der Waals surface area contributed by atoms with Crippen LogP contribution in [0.4, 0.5) is 31.8 Å². The van der Waals surface area contributed by atoms with Gasteiger partial charge >= 0.3 is 0 Å². The number of aryl methyl sites for hydroxylation is 1. The van der Waals surface area contributed by atoms with Crippen molar-refractivity contribution in [3.8, 4) is 11.3 Å². The third kappa shape index (κ3) is 3.80. The van der Waals surface area contributed by atoms with Gasteiger partial charge in [0.15, 0.2) is 23.1 Å². The normalized spacial score (nSPS) is 20.1. The van der Waals surface area contributed by atoms with Crippen LogP contribution in [-0.4, -0.2) is 61.8 Å². The standard InChI is InChI=1S/C21H22F2N10O2/c1-21(23)7-10(21)19(34)27-17-12(22)14(15(28-29-17)20(35)24-2)26-18-16-9(5-6-25-18)13-11(8-32(16)3)30-33(4)31-13/h5-6,10H,7-8H2,1-4H3,(H,24,35)(H2,25,26,27,29,34)/t10-,21?/m1/s1. The van der Waals surface area contributed by atoms with Gasteiger partial charge in [-0.3, -0.25) is 9.59 Å². The molecule has 1 aliphatic carbocycles. The summed E-state index contributed by atoms with van der Waals surface area (Å²) in [5.41, 5.74) is 0.429. The molecular formula is C21H22F2N10O2. The van der Waals surface area contributed by atoms with Crippen molar-refractivity contribution in [2.24, 2.45) is 13.0 Å². The Kier molecular flexibility index (Phi) is 5.11. The molecule has 3 N–H and O–H groups in total. The number of carbonyl (C=O) groups excluding carboxylic acids is 2. The van der Waals surface area contributed by atoms with Gasteiger partial charge < -0.3 is 20.9 Å². The fourth-order valence-corrected chi connectivity index (χ4v) is 4.11. The Hall–Kier alpha value is -4.23. The highest BCUT2D eigenvalue weighted by molar-refractivity contribution is 6.01. The zero-order valence-electron chi connectivity index (χ0n) is 19.3. The number of fused-ring (bicyclic) bond motifs is 3. The lowest BCUT2D eigenvalue weighted by atomic mass is 10.0. The van der Waals surface area contributed by atoms with Crippen molar-refractivity contribution in [1.82, 2.24) is 35.5 Å². The summed E-state index contributed by atoms with van der Waals surface area (Å²) in [4.78, 5) is 32.4. The molecule has 0 aromatic carbocycles. The van der Waals surface area contributed by atoms with Crippen molar-refractivity contribution in [1.29, 1.82) is 0 Å². The Labute approximate surface area is 198 Å². The lowest BCUT2D eigenvalue weighted by molar-refractivity contribution is -0.118. The van der Waals surface area contributed by atoms with Crippen LogP contribution in [0.3, 0.4) is 0 Å². The van der Waals surface area contributed by atoms with Gasteiger partial charge in [0, 0.05) is 32.9 Å². The van der Waals surface area contributed by atoms with E-state index in [4.69, 9.17) is 0 Å². The number of nitrogens with zero attached hydrogens (tertiary/aromatic N) is 7. The fraction of sp³-hybridized carbons (Fsp3) is 0.381. The first-order valence-electron chi connectivity index (χ1n) is 10.8. The predicted molar refractivity (Wildman–Crippen MR) is 121 cm³/mol. The van der Waals surface area contributed by atoms with Crippen molar-refractivity contribution in [2.75, 3.05) is 29.6 Å². The number of nitrogens with one attached hydrogen (secondary N) is 3. The van der Waals surface area contributed by atoms with Crippen LogP contribution < -0.4 is 20.9 Å². The number of carbonyl (C=O) groups is 2. The number of halogens is 2. The molecule has 14 heteroatoms. The van der Waals surface area contributed by atoms with Crippen LogP contribution in [0.15, 0.2) is 12.3 Å². The van der Waals surface area contributed by atoms with E-state index in [1.165, 1.54) is 25.0 Å². The van der Waals surface area contributed by atoms with E-state index >= 15 is 4.39 Å². The molecule has 35 heavy (non-hydrogen) atoms.